The molecule has 3 unspecified atom stereocenters. The van der Waals surface area contributed by atoms with Crippen molar-refractivity contribution in [1.82, 2.24) is 15.5 Å². The van der Waals surface area contributed by atoms with Crippen molar-refractivity contribution < 1.29 is 33.4 Å². The largest absolute Gasteiger partial charge is 0.468 e. The van der Waals surface area contributed by atoms with Crippen molar-refractivity contribution in [3.8, 4) is 0 Å². The van der Waals surface area contributed by atoms with E-state index in [1.54, 1.807) is 52.0 Å². The van der Waals surface area contributed by atoms with E-state index in [2.05, 4.69) is 15.4 Å². The SMILES string of the molecule is CCC(C)N(C(=O)C(CC(N)=O)NC(=O)OC(C)(C)C)C(C(=O)NCC(=O)OC)c1ccc(C)cc1. The molecule has 1 rings (SSSR count). The van der Waals surface area contributed by atoms with Crippen molar-refractivity contribution in [2.24, 2.45) is 5.73 Å². The first-order valence-electron chi connectivity index (χ1n) is 11.7. The number of primary amides is 1. The number of hydrogen-bond donors (Lipinski definition) is 3. The smallest absolute Gasteiger partial charge is 0.408 e. The van der Waals surface area contributed by atoms with Crippen molar-refractivity contribution in [3.05, 3.63) is 35.4 Å². The number of amides is 4. The Morgan fingerprint density at radius 1 is 1.08 bits per heavy atom. The molecule has 4 N–H and O–H groups in total. The Hall–Kier alpha value is -3.63. The van der Waals surface area contributed by atoms with Crippen LogP contribution in [0.4, 0.5) is 4.79 Å². The lowest BCUT2D eigenvalue weighted by Gasteiger charge is -2.38. The minimum absolute atomic E-state index is 0.402. The molecule has 0 aliphatic heterocycles. The third kappa shape index (κ3) is 9.55. The second-order valence-corrected chi connectivity index (χ2v) is 9.48. The molecule has 3 atom stereocenters. The van der Waals surface area contributed by atoms with Gasteiger partial charge in [-0.2, -0.15) is 0 Å². The highest BCUT2D eigenvalue weighted by molar-refractivity contribution is 5.95. The number of carbonyl (C=O) groups excluding carboxylic acids is 5. The molecule has 1 aromatic rings. The summed E-state index contributed by atoms with van der Waals surface area (Å²) in [5, 5.41) is 4.92. The maximum Gasteiger partial charge on any atom is 0.408 e. The number of carbonyl (C=O) groups is 5. The van der Waals surface area contributed by atoms with Crippen LogP contribution in [0.3, 0.4) is 0 Å². The van der Waals surface area contributed by atoms with Gasteiger partial charge in [-0.3, -0.25) is 19.2 Å². The van der Waals surface area contributed by atoms with Gasteiger partial charge in [0.1, 0.15) is 24.2 Å². The van der Waals surface area contributed by atoms with Crippen molar-refractivity contribution in [3.63, 3.8) is 0 Å². The van der Waals surface area contributed by atoms with E-state index in [1.165, 1.54) is 12.0 Å². The van der Waals surface area contributed by atoms with Crippen LogP contribution in [0, 0.1) is 6.92 Å². The Labute approximate surface area is 212 Å². The second-order valence-electron chi connectivity index (χ2n) is 9.48. The molecule has 0 saturated carbocycles. The van der Waals surface area contributed by atoms with Crippen LogP contribution in [-0.2, 0) is 28.7 Å². The second kappa shape index (κ2) is 13.5. The zero-order valence-corrected chi connectivity index (χ0v) is 22.0. The molecular weight excluding hydrogens is 468 g/mol. The van der Waals surface area contributed by atoms with E-state index in [0.29, 0.717) is 12.0 Å². The summed E-state index contributed by atoms with van der Waals surface area (Å²) in [6.07, 6.45) is -0.961. The highest BCUT2D eigenvalue weighted by atomic mass is 16.6. The molecule has 0 spiro atoms. The zero-order valence-electron chi connectivity index (χ0n) is 22.0. The van der Waals surface area contributed by atoms with Crippen molar-refractivity contribution >= 4 is 29.8 Å². The van der Waals surface area contributed by atoms with E-state index < -0.39 is 66.5 Å². The molecule has 0 saturated heterocycles. The first kappa shape index (κ1) is 30.4. The lowest BCUT2D eigenvalue weighted by atomic mass is 9.98. The summed E-state index contributed by atoms with van der Waals surface area (Å²) in [5.74, 6) is -2.82. The van der Waals surface area contributed by atoms with E-state index in [4.69, 9.17) is 10.5 Å². The first-order chi connectivity index (χ1) is 16.7. The van der Waals surface area contributed by atoms with Crippen LogP contribution < -0.4 is 16.4 Å². The minimum Gasteiger partial charge on any atom is -0.468 e. The average Bonchev–Trinajstić information content (AvgIpc) is 2.78. The van der Waals surface area contributed by atoms with E-state index >= 15 is 0 Å². The van der Waals surface area contributed by atoms with Gasteiger partial charge in [-0.05, 0) is 46.6 Å². The molecule has 4 amide bonds. The molecule has 200 valence electrons. The number of nitrogens with two attached hydrogens (primary N) is 1. The Morgan fingerprint density at radius 3 is 2.14 bits per heavy atom. The fourth-order valence-corrected chi connectivity index (χ4v) is 3.34. The molecule has 0 heterocycles. The molecule has 0 fully saturated rings. The fraction of sp³-hybridized carbons (Fsp3) is 0.560. The summed E-state index contributed by atoms with van der Waals surface area (Å²) in [6.45, 7) is 10.0. The highest BCUT2D eigenvalue weighted by Crippen LogP contribution is 2.27. The summed E-state index contributed by atoms with van der Waals surface area (Å²) in [6, 6.07) is 3.92. The number of alkyl carbamates (subject to hydrolysis) is 1. The van der Waals surface area contributed by atoms with Crippen LogP contribution in [-0.4, -0.2) is 66.0 Å². The zero-order chi connectivity index (χ0) is 27.6. The van der Waals surface area contributed by atoms with Gasteiger partial charge < -0.3 is 30.7 Å². The van der Waals surface area contributed by atoms with Crippen LogP contribution in [0.2, 0.25) is 0 Å². The van der Waals surface area contributed by atoms with Crippen LogP contribution in [0.15, 0.2) is 24.3 Å². The van der Waals surface area contributed by atoms with Gasteiger partial charge in [0.25, 0.3) is 0 Å². The van der Waals surface area contributed by atoms with Gasteiger partial charge in [0.05, 0.1) is 13.5 Å². The van der Waals surface area contributed by atoms with Gasteiger partial charge in [0, 0.05) is 6.04 Å². The van der Waals surface area contributed by atoms with Gasteiger partial charge in [0.2, 0.25) is 17.7 Å². The molecular formula is C25H38N4O7. The van der Waals surface area contributed by atoms with E-state index in [0.717, 1.165) is 5.56 Å². The molecule has 0 bridgehead atoms. The minimum atomic E-state index is -1.38. The Morgan fingerprint density at radius 2 is 1.67 bits per heavy atom. The lowest BCUT2D eigenvalue weighted by Crippen LogP contribution is -2.56. The molecule has 0 aliphatic carbocycles. The number of methoxy groups -OCH3 is 1. The third-order valence-electron chi connectivity index (χ3n) is 5.27. The normalized spacial score (nSPS) is 13.5. The van der Waals surface area contributed by atoms with Gasteiger partial charge in [-0.25, -0.2) is 4.79 Å². The Balaban J connectivity index is 3.51. The fourth-order valence-electron chi connectivity index (χ4n) is 3.34. The first-order valence-corrected chi connectivity index (χ1v) is 11.7. The molecule has 36 heavy (non-hydrogen) atoms. The monoisotopic (exact) mass is 506 g/mol. The summed E-state index contributed by atoms with van der Waals surface area (Å²) < 4.78 is 9.84. The van der Waals surface area contributed by atoms with Crippen molar-refractivity contribution in [2.45, 2.75) is 78.1 Å². The van der Waals surface area contributed by atoms with Gasteiger partial charge in [-0.1, -0.05) is 36.8 Å². The maximum absolute atomic E-state index is 13.8. The highest BCUT2D eigenvalue weighted by Gasteiger charge is 2.39. The third-order valence-corrected chi connectivity index (χ3v) is 5.27. The Kier molecular flexibility index (Phi) is 11.4. The summed E-state index contributed by atoms with van der Waals surface area (Å²) in [5.41, 5.74) is 5.94. The number of nitrogens with one attached hydrogen (secondary N) is 2. The number of rotatable bonds is 11. The lowest BCUT2D eigenvalue weighted by molar-refractivity contribution is -0.147. The topological polar surface area (TPSA) is 157 Å². The molecule has 0 aromatic heterocycles. The van der Waals surface area contributed by atoms with Gasteiger partial charge >= 0.3 is 12.1 Å². The van der Waals surface area contributed by atoms with Crippen LogP contribution >= 0.6 is 0 Å². The molecule has 11 heteroatoms. The number of nitrogens with zero attached hydrogens (tertiary/aromatic N) is 1. The van der Waals surface area contributed by atoms with Gasteiger partial charge in [0.15, 0.2) is 0 Å². The molecule has 0 aliphatic rings. The summed E-state index contributed by atoms with van der Waals surface area (Å²) in [7, 11) is 1.19. The molecule has 0 radical (unpaired) electrons. The summed E-state index contributed by atoms with van der Waals surface area (Å²) >= 11 is 0. The maximum atomic E-state index is 13.8. The molecule has 1 aromatic carbocycles. The number of esters is 1. The van der Waals surface area contributed by atoms with E-state index in [9.17, 15) is 24.0 Å². The van der Waals surface area contributed by atoms with E-state index in [-0.39, 0.29) is 0 Å². The predicted octanol–water partition coefficient (Wildman–Crippen LogP) is 1.72. The summed E-state index contributed by atoms with van der Waals surface area (Å²) in [4.78, 5) is 64.4. The van der Waals surface area contributed by atoms with Crippen LogP contribution in [0.25, 0.3) is 0 Å². The quantitative estimate of drug-likeness (QED) is 0.386. The van der Waals surface area contributed by atoms with Crippen molar-refractivity contribution in [2.75, 3.05) is 13.7 Å². The molecule has 11 nitrogen and oxygen atoms in total. The number of hydrogen-bond acceptors (Lipinski definition) is 7. The Bertz CT molecular complexity index is 941. The van der Waals surface area contributed by atoms with Crippen LogP contribution in [0.1, 0.15) is 64.6 Å². The number of ether oxygens (including phenoxy) is 2. The van der Waals surface area contributed by atoms with Crippen LogP contribution in [0.5, 0.6) is 0 Å². The van der Waals surface area contributed by atoms with Crippen molar-refractivity contribution in [1.29, 1.82) is 0 Å². The predicted molar refractivity (Wildman–Crippen MR) is 133 cm³/mol. The number of aryl methyl sites for hydroxylation is 1. The van der Waals surface area contributed by atoms with Gasteiger partial charge in [-0.15, -0.1) is 0 Å². The number of benzene rings is 1. The van der Waals surface area contributed by atoms with E-state index in [1.807, 2.05) is 13.8 Å². The standard InChI is InChI=1S/C25H38N4O7/c1-8-16(3)29(23(33)18(13-19(26)30)28-24(34)36-25(4,5)6)21(17-11-9-15(2)10-12-17)22(32)27-14-20(31)35-7/h9-12,16,18,21H,8,13-14H2,1-7H3,(H2,26,30)(H,27,32)(H,28,34). The average molecular weight is 507 g/mol.